The van der Waals surface area contributed by atoms with Crippen LogP contribution in [0.5, 0.6) is 0 Å². The highest BCUT2D eigenvalue weighted by atomic mass is 32.2. The summed E-state index contributed by atoms with van der Waals surface area (Å²) in [5, 5.41) is 9.55. The Hall–Kier alpha value is -4.26. The molecule has 3 atom stereocenters. The fourth-order valence-corrected chi connectivity index (χ4v) is 7.75. The Kier molecular flexibility index (Phi) is 8.98. The number of hydrogen-bond donors (Lipinski definition) is 3. The van der Waals surface area contributed by atoms with Crippen LogP contribution in [-0.2, 0) is 26.1 Å². The first-order valence-corrected chi connectivity index (χ1v) is 17.4. The zero-order chi connectivity index (χ0) is 32.4. The molecule has 2 aliphatic heterocycles. The van der Waals surface area contributed by atoms with Crippen molar-refractivity contribution in [2.75, 3.05) is 24.4 Å². The molecule has 5 aromatic rings. The molecule has 4 aromatic carbocycles. The topological polar surface area (TPSA) is 126 Å². The molecule has 1 unspecified atom stereocenters. The van der Waals surface area contributed by atoms with Crippen LogP contribution in [0.25, 0.3) is 11.0 Å². The average Bonchev–Trinajstić information content (AvgIpc) is 3.44. The summed E-state index contributed by atoms with van der Waals surface area (Å²) < 4.78 is 43.7. The number of likely N-dealkylation sites (tertiary alicyclic amines) is 1. The number of nitrogens with one attached hydrogen (secondary N) is 2. The van der Waals surface area contributed by atoms with Crippen molar-refractivity contribution in [2.24, 2.45) is 0 Å². The highest BCUT2D eigenvalue weighted by Gasteiger charge is 2.34. The largest absolute Gasteiger partial charge is 0.392 e. The van der Waals surface area contributed by atoms with Crippen molar-refractivity contribution in [3.63, 3.8) is 0 Å². The Morgan fingerprint density at radius 3 is 2.36 bits per heavy atom. The third kappa shape index (κ3) is 6.90. The van der Waals surface area contributed by atoms with Gasteiger partial charge in [0.25, 0.3) is 10.0 Å². The van der Waals surface area contributed by atoms with E-state index in [1.165, 1.54) is 0 Å². The second kappa shape index (κ2) is 13.5. The van der Waals surface area contributed by atoms with E-state index in [1.54, 1.807) is 48.5 Å². The number of aliphatic hydroxyl groups is 1. The lowest BCUT2D eigenvalue weighted by Crippen LogP contribution is -2.43. The lowest BCUT2D eigenvalue weighted by atomic mass is 9.98. The maximum atomic E-state index is 13.0. The molecule has 3 heterocycles. The van der Waals surface area contributed by atoms with E-state index in [1.807, 2.05) is 59.2 Å². The van der Waals surface area contributed by atoms with Gasteiger partial charge in [0.1, 0.15) is 0 Å². The molecule has 2 saturated heterocycles. The number of H-pyrrole nitrogens is 1. The van der Waals surface area contributed by atoms with Gasteiger partial charge in [0, 0.05) is 43.3 Å². The van der Waals surface area contributed by atoms with E-state index in [4.69, 9.17) is 9.47 Å². The van der Waals surface area contributed by atoms with Crippen molar-refractivity contribution < 1.29 is 23.0 Å². The molecule has 1 aromatic heterocycles. The van der Waals surface area contributed by atoms with Crippen LogP contribution in [0.2, 0.25) is 0 Å². The molecule has 3 N–H and O–H groups in total. The number of aromatic nitrogens is 2. The fraction of sp³-hybridized carbons (Fsp3) is 0.306. The monoisotopic (exact) mass is 654 g/mol. The number of imidazole rings is 1. The number of aromatic amines is 1. The Morgan fingerprint density at radius 2 is 1.60 bits per heavy atom. The number of ether oxygens (including phenoxy) is 2. The van der Waals surface area contributed by atoms with Crippen LogP contribution in [0.15, 0.2) is 113 Å². The van der Waals surface area contributed by atoms with E-state index in [0.717, 1.165) is 48.1 Å². The van der Waals surface area contributed by atoms with Crippen LogP contribution < -0.4 is 10.4 Å². The van der Waals surface area contributed by atoms with Gasteiger partial charge in [-0.25, -0.2) is 13.2 Å². The number of anilines is 1. The molecule has 10 nitrogen and oxygen atoms in total. The number of aliphatic hydroxyl groups excluding tert-OH is 1. The van der Waals surface area contributed by atoms with Gasteiger partial charge in [-0.2, -0.15) is 0 Å². The van der Waals surface area contributed by atoms with E-state index < -0.39 is 16.3 Å². The number of nitrogens with zero attached hydrogens (tertiary/aromatic N) is 2. The summed E-state index contributed by atoms with van der Waals surface area (Å²) in [5.74, 6) is 0. The number of sulfonamides is 1. The van der Waals surface area contributed by atoms with E-state index in [9.17, 15) is 18.3 Å². The number of rotatable bonds is 9. The lowest BCUT2D eigenvalue weighted by molar-refractivity contribution is -0.253. The van der Waals surface area contributed by atoms with Crippen molar-refractivity contribution in [3.8, 4) is 0 Å². The van der Waals surface area contributed by atoms with Gasteiger partial charge in [-0.15, -0.1) is 0 Å². The van der Waals surface area contributed by atoms with Crippen molar-refractivity contribution in [3.05, 3.63) is 130 Å². The van der Waals surface area contributed by atoms with Crippen LogP contribution in [0.3, 0.4) is 0 Å². The summed E-state index contributed by atoms with van der Waals surface area (Å²) in [5.41, 5.74) is 4.66. The van der Waals surface area contributed by atoms with Gasteiger partial charge in [0.05, 0.1) is 34.7 Å². The maximum absolute atomic E-state index is 13.0. The fourth-order valence-electron chi connectivity index (χ4n) is 6.68. The highest BCUT2D eigenvalue weighted by Crippen LogP contribution is 2.39. The van der Waals surface area contributed by atoms with Crippen LogP contribution >= 0.6 is 0 Å². The molecule has 47 heavy (non-hydrogen) atoms. The third-order valence-electron chi connectivity index (χ3n) is 9.09. The van der Waals surface area contributed by atoms with E-state index in [-0.39, 0.29) is 35.4 Å². The normalized spacial score (nSPS) is 21.2. The summed E-state index contributed by atoms with van der Waals surface area (Å²) in [6, 6.07) is 31.1. The molecule has 11 heteroatoms. The maximum Gasteiger partial charge on any atom is 0.326 e. The Bertz CT molecular complexity index is 1990. The Morgan fingerprint density at radius 1 is 0.851 bits per heavy atom. The minimum Gasteiger partial charge on any atom is -0.392 e. The first-order chi connectivity index (χ1) is 22.9. The van der Waals surface area contributed by atoms with E-state index in [0.29, 0.717) is 24.2 Å². The second-order valence-electron chi connectivity index (χ2n) is 12.2. The van der Waals surface area contributed by atoms with Crippen molar-refractivity contribution in [1.29, 1.82) is 0 Å². The quantitative estimate of drug-likeness (QED) is 0.192. The molecule has 0 aliphatic carbocycles. The highest BCUT2D eigenvalue weighted by molar-refractivity contribution is 7.92. The van der Waals surface area contributed by atoms with E-state index in [2.05, 4.69) is 14.6 Å². The van der Waals surface area contributed by atoms with Gasteiger partial charge in [0.15, 0.2) is 6.29 Å². The third-order valence-corrected chi connectivity index (χ3v) is 10.5. The number of piperidine rings is 1. The lowest BCUT2D eigenvalue weighted by Gasteiger charge is -2.40. The molecular formula is C36H38N4O6S. The molecule has 2 fully saturated rings. The van der Waals surface area contributed by atoms with Crippen LogP contribution in [0.4, 0.5) is 5.69 Å². The van der Waals surface area contributed by atoms with E-state index >= 15 is 0 Å². The predicted octanol–water partition coefficient (Wildman–Crippen LogP) is 5.51. The summed E-state index contributed by atoms with van der Waals surface area (Å²) in [4.78, 5) is 18.4. The van der Waals surface area contributed by atoms with Crippen molar-refractivity contribution in [2.45, 2.75) is 55.3 Å². The SMILES string of the molecule is O=c1[nH]c2ccccc2n1C1CCN(C[C@@H]2C[C@H](c3ccc(CO)cc3)OC(c3cccc(NS(=O)(=O)c4ccccc4)c3)O2)CC1. The van der Waals surface area contributed by atoms with Crippen LogP contribution in [0, 0.1) is 0 Å². The Labute approximate surface area is 273 Å². The van der Waals surface area contributed by atoms with Crippen molar-refractivity contribution in [1.82, 2.24) is 14.5 Å². The predicted molar refractivity (Wildman–Crippen MR) is 179 cm³/mol. The average molecular weight is 655 g/mol. The first kappa shape index (κ1) is 31.3. The zero-order valence-corrected chi connectivity index (χ0v) is 26.7. The molecule has 0 spiro atoms. The molecule has 7 rings (SSSR count). The molecule has 0 amide bonds. The number of benzene rings is 4. The van der Waals surface area contributed by atoms with Gasteiger partial charge in [-0.3, -0.25) is 9.29 Å². The summed E-state index contributed by atoms with van der Waals surface area (Å²) in [7, 11) is -3.77. The zero-order valence-electron chi connectivity index (χ0n) is 25.9. The van der Waals surface area contributed by atoms with Gasteiger partial charge in [0.2, 0.25) is 0 Å². The smallest absolute Gasteiger partial charge is 0.326 e. The van der Waals surface area contributed by atoms with Gasteiger partial charge in [-0.1, -0.05) is 66.7 Å². The molecule has 2 aliphatic rings. The second-order valence-corrected chi connectivity index (χ2v) is 13.9. The van der Waals surface area contributed by atoms with Crippen LogP contribution in [-0.4, -0.2) is 53.7 Å². The minimum absolute atomic E-state index is 0.0352. The first-order valence-electron chi connectivity index (χ1n) is 16.0. The van der Waals surface area contributed by atoms with Crippen molar-refractivity contribution >= 4 is 26.7 Å². The van der Waals surface area contributed by atoms with Gasteiger partial charge in [-0.05, 0) is 60.4 Å². The Balaban J connectivity index is 1.08. The number of para-hydroxylation sites is 2. The summed E-state index contributed by atoms with van der Waals surface area (Å²) in [6.45, 7) is 2.32. The van der Waals surface area contributed by atoms with Gasteiger partial charge < -0.3 is 24.5 Å². The summed E-state index contributed by atoms with van der Waals surface area (Å²) in [6.07, 6.45) is 1.19. The van der Waals surface area contributed by atoms with Crippen LogP contribution in [0.1, 0.15) is 54.4 Å². The van der Waals surface area contributed by atoms with Gasteiger partial charge >= 0.3 is 5.69 Å². The minimum atomic E-state index is -3.77. The summed E-state index contributed by atoms with van der Waals surface area (Å²) >= 11 is 0. The standard InChI is InChI=1S/C36H38N4O6S/c41-24-25-13-15-26(16-14-25)34-22-30(23-39-19-17-29(18-20-39)40-33-12-5-4-11-32(33)37-36(40)42)45-35(46-34)27-7-6-8-28(21-27)38-47(43,44)31-9-2-1-3-10-31/h1-16,21,29-30,34-35,38,41H,17-20,22-24H2,(H,37,42)/t30-,34+,35?/m0/s1. The molecule has 0 saturated carbocycles. The number of fused-ring (bicyclic) bond motifs is 1. The molecule has 244 valence electrons. The number of hydrogen-bond acceptors (Lipinski definition) is 7. The molecule has 0 bridgehead atoms. The molecular weight excluding hydrogens is 616 g/mol. The molecule has 0 radical (unpaired) electrons.